The molecule has 100 valence electrons. The molecule has 1 fully saturated rings. The molecule has 1 aromatic rings. The minimum absolute atomic E-state index is 0.282. The number of nitrogens with one attached hydrogen (secondary N) is 1. The molecule has 6 nitrogen and oxygen atoms in total. The van der Waals surface area contributed by atoms with Crippen molar-refractivity contribution in [2.45, 2.75) is 29.8 Å². The summed E-state index contributed by atoms with van der Waals surface area (Å²) in [5.74, 6) is 0. The number of aryl methyl sites for hydroxylation is 1. The van der Waals surface area contributed by atoms with E-state index in [4.69, 9.17) is 5.11 Å². The Morgan fingerprint density at radius 3 is 2.78 bits per heavy atom. The largest absolute Gasteiger partial charge is 0.395 e. The van der Waals surface area contributed by atoms with Gasteiger partial charge in [-0.15, -0.1) is 11.8 Å². The van der Waals surface area contributed by atoms with E-state index < -0.39 is 34.1 Å². The van der Waals surface area contributed by atoms with Crippen molar-refractivity contribution in [1.82, 2.24) is 9.55 Å². The molecule has 1 aromatic heterocycles. The van der Waals surface area contributed by atoms with E-state index in [0.717, 1.165) is 16.3 Å². The number of hydrogen-bond acceptors (Lipinski definition) is 5. The molecule has 2 heterocycles. The van der Waals surface area contributed by atoms with Crippen molar-refractivity contribution >= 4 is 11.8 Å². The number of aliphatic hydroxyl groups excluding tert-OH is 2. The summed E-state index contributed by atoms with van der Waals surface area (Å²) in [4.78, 5) is 24.9. The summed E-state index contributed by atoms with van der Waals surface area (Å²) in [7, 11) is 0. The quantitative estimate of drug-likeness (QED) is 0.654. The molecule has 3 N–H and O–H groups in total. The van der Waals surface area contributed by atoms with Gasteiger partial charge in [-0.05, 0) is 6.92 Å². The minimum atomic E-state index is -1.67. The monoisotopic (exact) mass is 276 g/mol. The number of rotatable bonds is 2. The first-order chi connectivity index (χ1) is 8.45. The molecule has 0 amide bonds. The van der Waals surface area contributed by atoms with E-state index in [-0.39, 0.29) is 12.2 Å². The van der Waals surface area contributed by atoms with Crippen LogP contribution in [0.25, 0.3) is 0 Å². The van der Waals surface area contributed by atoms with Crippen LogP contribution in [0.15, 0.2) is 15.8 Å². The van der Waals surface area contributed by atoms with Gasteiger partial charge in [0, 0.05) is 11.8 Å². The van der Waals surface area contributed by atoms with E-state index in [2.05, 4.69) is 4.98 Å². The normalized spacial score (nSPS) is 31.8. The third kappa shape index (κ3) is 2.11. The predicted octanol–water partition coefficient (Wildman–Crippen LogP) is -0.850. The first kappa shape index (κ1) is 13.3. The zero-order valence-corrected chi connectivity index (χ0v) is 10.4. The molecule has 0 spiro atoms. The molecule has 4 atom stereocenters. The van der Waals surface area contributed by atoms with Crippen molar-refractivity contribution in [3.63, 3.8) is 0 Å². The van der Waals surface area contributed by atoms with Crippen LogP contribution in [0, 0.1) is 6.92 Å². The summed E-state index contributed by atoms with van der Waals surface area (Å²) < 4.78 is 14.9. The van der Waals surface area contributed by atoms with Crippen LogP contribution in [0.3, 0.4) is 0 Å². The lowest BCUT2D eigenvalue weighted by Gasteiger charge is -2.16. The maximum Gasteiger partial charge on any atom is 0.329 e. The lowest BCUT2D eigenvalue weighted by Crippen LogP contribution is -2.36. The summed E-state index contributed by atoms with van der Waals surface area (Å²) in [5.41, 5.74) is -0.963. The van der Waals surface area contributed by atoms with Crippen LogP contribution in [0.2, 0.25) is 0 Å². The molecule has 1 aliphatic heterocycles. The van der Waals surface area contributed by atoms with Gasteiger partial charge in [-0.3, -0.25) is 14.3 Å². The van der Waals surface area contributed by atoms with Crippen LogP contribution in [0.5, 0.6) is 0 Å². The third-order valence-electron chi connectivity index (χ3n) is 2.89. The summed E-state index contributed by atoms with van der Waals surface area (Å²) in [5, 5.41) is 16.9. The van der Waals surface area contributed by atoms with Gasteiger partial charge in [0.15, 0.2) is 6.17 Å². The summed E-state index contributed by atoms with van der Waals surface area (Å²) >= 11 is 0.975. The molecule has 2 rings (SSSR count). The molecule has 1 saturated heterocycles. The first-order valence-electron chi connectivity index (χ1n) is 5.36. The van der Waals surface area contributed by atoms with Crippen molar-refractivity contribution in [3.8, 4) is 0 Å². The topological polar surface area (TPSA) is 95.3 Å². The van der Waals surface area contributed by atoms with E-state index in [1.54, 1.807) is 0 Å². The van der Waals surface area contributed by atoms with Gasteiger partial charge >= 0.3 is 5.69 Å². The Morgan fingerprint density at radius 2 is 2.22 bits per heavy atom. The average Bonchev–Trinajstić information content (AvgIpc) is 2.61. The molecule has 0 saturated carbocycles. The highest BCUT2D eigenvalue weighted by Gasteiger charge is 2.44. The summed E-state index contributed by atoms with van der Waals surface area (Å²) in [6, 6.07) is 0. The Balaban J connectivity index is 2.42. The molecule has 8 heteroatoms. The molecule has 0 aromatic carbocycles. The molecule has 0 bridgehead atoms. The molecule has 0 unspecified atom stereocenters. The van der Waals surface area contributed by atoms with Crippen LogP contribution in [-0.2, 0) is 0 Å². The SMILES string of the molecule is Cc1cn([C@H]2S[C@H](CO)[C@@H](O)[C@@H]2F)c(=O)[nH]c1=O. The number of aromatic amines is 1. The number of halogens is 1. The second-order valence-electron chi connectivity index (χ2n) is 4.16. The van der Waals surface area contributed by atoms with Crippen molar-refractivity contribution in [2.75, 3.05) is 6.61 Å². The molecule has 18 heavy (non-hydrogen) atoms. The van der Waals surface area contributed by atoms with E-state index in [1.807, 2.05) is 0 Å². The van der Waals surface area contributed by atoms with E-state index in [1.165, 1.54) is 13.1 Å². The van der Waals surface area contributed by atoms with Crippen molar-refractivity contribution < 1.29 is 14.6 Å². The fourth-order valence-corrected chi connectivity index (χ4v) is 3.21. The Labute approximate surface area is 105 Å². The molecular formula is C10H13FN2O4S. The minimum Gasteiger partial charge on any atom is -0.395 e. The average molecular weight is 276 g/mol. The number of alkyl halides is 1. The van der Waals surface area contributed by atoms with Gasteiger partial charge < -0.3 is 10.2 Å². The molecular weight excluding hydrogens is 263 g/mol. The van der Waals surface area contributed by atoms with Gasteiger partial charge in [0.1, 0.15) is 11.5 Å². The zero-order valence-electron chi connectivity index (χ0n) is 9.54. The zero-order chi connectivity index (χ0) is 13.4. The summed E-state index contributed by atoms with van der Waals surface area (Å²) in [6.45, 7) is 1.13. The highest BCUT2D eigenvalue weighted by molar-refractivity contribution is 8.00. The lowest BCUT2D eigenvalue weighted by molar-refractivity contribution is 0.0631. The third-order valence-corrected chi connectivity index (χ3v) is 4.44. The second kappa shape index (κ2) is 4.87. The van der Waals surface area contributed by atoms with Crippen LogP contribution in [-0.4, -0.2) is 43.9 Å². The number of thioether (sulfide) groups is 1. The van der Waals surface area contributed by atoms with Crippen LogP contribution in [0.4, 0.5) is 4.39 Å². The van der Waals surface area contributed by atoms with Gasteiger partial charge in [-0.2, -0.15) is 0 Å². The fourth-order valence-electron chi connectivity index (χ4n) is 1.85. The fraction of sp³-hybridized carbons (Fsp3) is 0.600. The van der Waals surface area contributed by atoms with Gasteiger partial charge in [-0.25, -0.2) is 9.18 Å². The van der Waals surface area contributed by atoms with E-state index >= 15 is 0 Å². The second-order valence-corrected chi connectivity index (χ2v) is 5.52. The first-order valence-corrected chi connectivity index (χ1v) is 6.30. The standard InChI is InChI=1S/C10H13FN2O4S/c1-4-2-13(10(17)12-8(4)16)9-6(11)7(15)5(3-14)18-9/h2,5-7,9,14-15H,3H2,1H3,(H,12,16,17)/t5-,6+,7-,9+/m1/s1. The van der Waals surface area contributed by atoms with Gasteiger partial charge in [0.2, 0.25) is 0 Å². The molecule has 0 aliphatic carbocycles. The maximum atomic E-state index is 13.9. The highest BCUT2D eigenvalue weighted by Crippen LogP contribution is 2.42. The smallest absolute Gasteiger partial charge is 0.329 e. The van der Waals surface area contributed by atoms with Crippen LogP contribution in [0.1, 0.15) is 10.9 Å². The molecule has 0 radical (unpaired) electrons. The Bertz CT molecular complexity index is 558. The van der Waals surface area contributed by atoms with Crippen molar-refractivity contribution in [3.05, 3.63) is 32.6 Å². The Kier molecular flexibility index (Phi) is 3.60. The van der Waals surface area contributed by atoms with E-state index in [0.29, 0.717) is 0 Å². The number of H-pyrrole nitrogens is 1. The van der Waals surface area contributed by atoms with Gasteiger partial charge in [0.25, 0.3) is 5.56 Å². The number of aliphatic hydroxyl groups is 2. The van der Waals surface area contributed by atoms with E-state index in [9.17, 15) is 19.1 Å². The van der Waals surface area contributed by atoms with Crippen molar-refractivity contribution in [1.29, 1.82) is 0 Å². The van der Waals surface area contributed by atoms with Gasteiger partial charge in [-0.1, -0.05) is 0 Å². The maximum absolute atomic E-state index is 13.9. The van der Waals surface area contributed by atoms with Crippen LogP contribution < -0.4 is 11.2 Å². The predicted molar refractivity (Wildman–Crippen MR) is 64.5 cm³/mol. The Morgan fingerprint density at radius 1 is 1.56 bits per heavy atom. The molecule has 1 aliphatic rings. The Hall–Kier alpha value is -1.12. The number of nitrogens with zero attached hydrogens (tertiary/aromatic N) is 1. The number of hydrogen-bond donors (Lipinski definition) is 3. The van der Waals surface area contributed by atoms with Gasteiger partial charge in [0.05, 0.1) is 11.9 Å². The van der Waals surface area contributed by atoms with Crippen molar-refractivity contribution in [2.24, 2.45) is 0 Å². The highest BCUT2D eigenvalue weighted by atomic mass is 32.2. The van der Waals surface area contributed by atoms with Crippen LogP contribution >= 0.6 is 11.8 Å². The lowest BCUT2D eigenvalue weighted by atomic mass is 10.1. The number of aromatic nitrogens is 2. The summed E-state index contributed by atoms with van der Waals surface area (Å²) in [6.07, 6.45) is -1.74.